The molecular formula is C17H15BrN2OS. The lowest BCUT2D eigenvalue weighted by molar-refractivity contribution is -0.691. The number of rotatable bonds is 6. The molecule has 0 aliphatic heterocycles. The lowest BCUT2D eigenvalue weighted by atomic mass is 10.0. The summed E-state index contributed by atoms with van der Waals surface area (Å²) < 4.78 is 2.70. The molecule has 2 rings (SSSR count). The molecule has 5 heteroatoms. The topological polar surface area (TPSA) is 33.3 Å². The maximum Gasteiger partial charge on any atom is 0.237 e. The van der Waals surface area contributed by atoms with E-state index in [1.807, 2.05) is 42.7 Å². The van der Waals surface area contributed by atoms with Gasteiger partial charge in [0.05, 0.1) is 6.54 Å². The monoisotopic (exact) mass is 374 g/mol. The molecule has 112 valence electrons. The Bertz CT molecular complexity index is 684. The molecule has 1 aromatic heterocycles. The number of ketones is 1. The van der Waals surface area contributed by atoms with Crippen LogP contribution in [0.5, 0.6) is 0 Å². The van der Waals surface area contributed by atoms with E-state index in [0.29, 0.717) is 17.2 Å². The third-order valence-electron chi connectivity index (χ3n) is 3.02. The standard InChI is InChI=1S/C17H15BrN2OS/c1-2-10-19-17(22)15(20-11-4-3-5-12-20)16(21)13-6-8-14(18)9-7-13/h2-9,11-12,15H,1,10H2. The highest BCUT2D eigenvalue weighted by Gasteiger charge is 2.27. The number of carbonyl (C=O) groups excluding carboxylic acids is 1. The van der Waals surface area contributed by atoms with E-state index in [9.17, 15) is 4.79 Å². The molecule has 22 heavy (non-hydrogen) atoms. The molecule has 3 nitrogen and oxygen atoms in total. The van der Waals surface area contributed by atoms with Gasteiger partial charge in [0.25, 0.3) is 0 Å². The second-order valence-corrected chi connectivity index (χ2v) is 5.90. The Labute approximate surface area is 143 Å². The molecule has 0 amide bonds. The fourth-order valence-corrected chi connectivity index (χ4v) is 2.54. The average Bonchev–Trinajstić information content (AvgIpc) is 2.54. The zero-order valence-corrected chi connectivity index (χ0v) is 14.3. The molecule has 0 spiro atoms. The van der Waals surface area contributed by atoms with Crippen molar-refractivity contribution in [2.24, 2.45) is 4.99 Å². The summed E-state index contributed by atoms with van der Waals surface area (Å²) in [5, 5.41) is 0.351. The summed E-state index contributed by atoms with van der Waals surface area (Å²) in [5.41, 5.74) is 0.598. The Morgan fingerprint density at radius 3 is 2.50 bits per heavy atom. The summed E-state index contributed by atoms with van der Waals surface area (Å²) in [6, 6.07) is 12.2. The van der Waals surface area contributed by atoms with Crippen molar-refractivity contribution < 1.29 is 9.36 Å². The van der Waals surface area contributed by atoms with E-state index in [0.717, 1.165) is 4.47 Å². The molecular weight excluding hydrogens is 360 g/mol. The van der Waals surface area contributed by atoms with Crippen molar-refractivity contribution in [2.45, 2.75) is 6.04 Å². The van der Waals surface area contributed by atoms with Crippen LogP contribution in [-0.2, 0) is 12.6 Å². The van der Waals surface area contributed by atoms with Crippen LogP contribution in [0.2, 0.25) is 0 Å². The molecule has 0 N–H and O–H groups in total. The van der Waals surface area contributed by atoms with Gasteiger partial charge in [0.2, 0.25) is 11.8 Å². The zero-order valence-electron chi connectivity index (χ0n) is 11.9. The summed E-state index contributed by atoms with van der Waals surface area (Å²) in [7, 11) is 0. The van der Waals surface area contributed by atoms with Crippen molar-refractivity contribution in [2.75, 3.05) is 6.54 Å². The highest BCUT2D eigenvalue weighted by atomic mass is 79.9. The third-order valence-corrected chi connectivity index (χ3v) is 3.91. The SMILES string of the molecule is C=CCN=C([S-])C(C(=O)c1ccc(Br)cc1)[n+]1ccccc1. The van der Waals surface area contributed by atoms with Gasteiger partial charge in [0.1, 0.15) is 0 Å². The van der Waals surface area contributed by atoms with Gasteiger partial charge in [-0.2, -0.15) is 4.57 Å². The first kappa shape index (κ1) is 16.5. The minimum Gasteiger partial charge on any atom is -0.758 e. The Morgan fingerprint density at radius 1 is 1.27 bits per heavy atom. The predicted molar refractivity (Wildman–Crippen MR) is 94.0 cm³/mol. The largest absolute Gasteiger partial charge is 0.758 e. The van der Waals surface area contributed by atoms with Gasteiger partial charge in [0, 0.05) is 22.2 Å². The first-order valence-corrected chi connectivity index (χ1v) is 7.91. The van der Waals surface area contributed by atoms with Crippen molar-refractivity contribution in [3.05, 3.63) is 77.5 Å². The summed E-state index contributed by atoms with van der Waals surface area (Å²) in [6.07, 6.45) is 5.29. The van der Waals surface area contributed by atoms with Gasteiger partial charge >= 0.3 is 0 Å². The number of nitrogens with zero attached hydrogens (tertiary/aromatic N) is 2. The molecule has 0 saturated heterocycles. The van der Waals surface area contributed by atoms with E-state index in [1.165, 1.54) is 0 Å². The van der Waals surface area contributed by atoms with Crippen LogP contribution in [0.25, 0.3) is 0 Å². The fraction of sp³-hybridized carbons (Fsp3) is 0.118. The number of aliphatic imine (C=N–C) groups is 1. The normalized spacial score (nSPS) is 12.7. The van der Waals surface area contributed by atoms with E-state index >= 15 is 0 Å². The third kappa shape index (κ3) is 4.08. The molecule has 0 aliphatic carbocycles. The van der Waals surface area contributed by atoms with Crippen molar-refractivity contribution in [1.29, 1.82) is 0 Å². The van der Waals surface area contributed by atoms with E-state index in [1.54, 1.807) is 22.8 Å². The van der Waals surface area contributed by atoms with Crippen molar-refractivity contribution in [3.63, 3.8) is 0 Å². The number of halogens is 1. The van der Waals surface area contributed by atoms with Crippen LogP contribution in [0.15, 0.2) is 77.0 Å². The number of benzene rings is 1. The first-order chi connectivity index (χ1) is 10.6. The van der Waals surface area contributed by atoms with Gasteiger partial charge in [0.15, 0.2) is 12.4 Å². The Balaban J connectivity index is 2.41. The van der Waals surface area contributed by atoms with Crippen LogP contribution in [0.1, 0.15) is 16.4 Å². The molecule has 0 radical (unpaired) electrons. The van der Waals surface area contributed by atoms with Crippen LogP contribution in [0.4, 0.5) is 0 Å². The van der Waals surface area contributed by atoms with Gasteiger partial charge < -0.3 is 17.6 Å². The quantitative estimate of drug-likeness (QED) is 0.194. The fourth-order valence-electron chi connectivity index (χ4n) is 1.97. The van der Waals surface area contributed by atoms with E-state index in [4.69, 9.17) is 12.6 Å². The van der Waals surface area contributed by atoms with E-state index < -0.39 is 6.04 Å². The van der Waals surface area contributed by atoms with Gasteiger partial charge in [-0.3, -0.25) is 4.79 Å². The molecule has 1 atom stereocenters. The first-order valence-electron chi connectivity index (χ1n) is 6.71. The van der Waals surface area contributed by atoms with Gasteiger partial charge in [-0.05, 0) is 17.2 Å². The lowest BCUT2D eigenvalue weighted by Gasteiger charge is -2.18. The highest BCUT2D eigenvalue weighted by Crippen LogP contribution is 2.15. The van der Waals surface area contributed by atoms with Gasteiger partial charge in [-0.1, -0.05) is 40.2 Å². The van der Waals surface area contributed by atoms with Crippen molar-refractivity contribution in [1.82, 2.24) is 0 Å². The number of hydrogen-bond acceptors (Lipinski definition) is 3. The van der Waals surface area contributed by atoms with Crippen LogP contribution >= 0.6 is 15.9 Å². The predicted octanol–water partition coefficient (Wildman–Crippen LogP) is 3.29. The summed E-state index contributed by atoms with van der Waals surface area (Å²) >= 11 is 8.73. The van der Waals surface area contributed by atoms with E-state index in [2.05, 4.69) is 27.5 Å². The summed E-state index contributed by atoms with van der Waals surface area (Å²) in [4.78, 5) is 17.1. The molecule has 1 heterocycles. The molecule has 1 aromatic carbocycles. The van der Waals surface area contributed by atoms with Crippen molar-refractivity contribution >= 4 is 39.4 Å². The molecule has 0 bridgehead atoms. The molecule has 0 fully saturated rings. The van der Waals surface area contributed by atoms with Gasteiger partial charge in [-0.25, -0.2) is 0 Å². The second-order valence-electron chi connectivity index (χ2n) is 4.56. The molecule has 0 aliphatic rings. The van der Waals surface area contributed by atoms with Crippen molar-refractivity contribution in [3.8, 4) is 0 Å². The van der Waals surface area contributed by atoms with Crippen LogP contribution in [-0.4, -0.2) is 17.4 Å². The smallest absolute Gasteiger partial charge is 0.237 e. The number of pyridine rings is 1. The maximum absolute atomic E-state index is 12.9. The Hall–Kier alpha value is -1.85. The maximum atomic E-state index is 12.9. The Morgan fingerprint density at radius 2 is 1.91 bits per heavy atom. The summed E-state index contributed by atoms with van der Waals surface area (Å²) in [5.74, 6) is -0.0819. The number of hydrogen-bond donors (Lipinski definition) is 0. The number of Topliss-reactive ketones (excluding diaryl/α,β-unsaturated/α-hetero) is 1. The highest BCUT2D eigenvalue weighted by molar-refractivity contribution is 9.10. The minimum absolute atomic E-state index is 0.0819. The number of carbonyl (C=O) groups is 1. The average molecular weight is 375 g/mol. The van der Waals surface area contributed by atoms with E-state index in [-0.39, 0.29) is 5.78 Å². The van der Waals surface area contributed by atoms with Crippen LogP contribution in [0.3, 0.4) is 0 Å². The minimum atomic E-state index is -0.627. The summed E-state index contributed by atoms with van der Waals surface area (Å²) in [6.45, 7) is 4.03. The molecule has 1 unspecified atom stereocenters. The van der Waals surface area contributed by atoms with Crippen LogP contribution in [0, 0.1) is 0 Å². The molecule has 2 aromatic rings. The van der Waals surface area contributed by atoms with Crippen LogP contribution < -0.4 is 4.57 Å². The number of aromatic nitrogens is 1. The Kier molecular flexibility index (Phi) is 5.98. The second kappa shape index (κ2) is 7.96. The zero-order chi connectivity index (χ0) is 15.9. The van der Waals surface area contributed by atoms with Gasteiger partial charge in [-0.15, -0.1) is 6.58 Å². The molecule has 0 saturated carbocycles. The lowest BCUT2D eigenvalue weighted by Crippen LogP contribution is -2.47.